The van der Waals surface area contributed by atoms with E-state index in [4.69, 9.17) is 5.11 Å². The first kappa shape index (κ1) is 11.2. The van der Waals surface area contributed by atoms with E-state index in [0.29, 0.717) is 0 Å². The highest BCUT2D eigenvalue weighted by atomic mass is 19.1. The molecule has 0 fully saturated rings. The lowest BCUT2D eigenvalue weighted by atomic mass is 10.2. The first-order valence-corrected chi connectivity index (χ1v) is 3.93. The molecule has 0 spiro atoms. The Morgan fingerprint density at radius 3 is 1.93 bits per heavy atom. The van der Waals surface area contributed by atoms with Gasteiger partial charge in [0.15, 0.2) is 0 Å². The molecule has 0 aliphatic carbocycles. The molecule has 0 unspecified atom stereocenters. The summed E-state index contributed by atoms with van der Waals surface area (Å²) in [6.45, 7) is -2.20. The molecule has 0 atom stereocenters. The number of hydrogen-bond donors (Lipinski definition) is 1. The van der Waals surface area contributed by atoms with Crippen molar-refractivity contribution in [2.45, 2.75) is 0 Å². The zero-order chi connectivity index (χ0) is 11.3. The minimum Gasteiger partial charge on any atom is -0.478 e. The maximum atomic E-state index is 11.8. The minimum atomic E-state index is -1.23. The summed E-state index contributed by atoms with van der Waals surface area (Å²) in [5, 5.41) is 8.67. The fourth-order valence-corrected chi connectivity index (χ4v) is 0.988. The summed E-state index contributed by atoms with van der Waals surface area (Å²) in [7, 11) is 0. The van der Waals surface area contributed by atoms with Crippen LogP contribution in [-0.2, 0) is 0 Å². The van der Waals surface area contributed by atoms with Crippen LogP contribution in [-0.4, -0.2) is 24.8 Å². The Morgan fingerprint density at radius 1 is 1.13 bits per heavy atom. The lowest BCUT2D eigenvalue weighted by Gasteiger charge is -2.06. The van der Waals surface area contributed by atoms with Gasteiger partial charge in [-0.05, 0) is 12.1 Å². The monoisotopic (exact) mass is 218 g/mol. The third-order valence-corrected chi connectivity index (χ3v) is 1.57. The molecule has 0 aliphatic heterocycles. The van der Waals surface area contributed by atoms with Crippen molar-refractivity contribution in [2.75, 3.05) is 13.7 Å². The van der Waals surface area contributed by atoms with E-state index in [9.17, 15) is 13.6 Å². The molecule has 1 aromatic carbocycles. The fourth-order valence-electron chi connectivity index (χ4n) is 0.988. The summed E-state index contributed by atoms with van der Waals surface area (Å²) in [6.07, 6.45) is 0. The number of ether oxygens (including phenoxy) is 2. The number of hydrogen-bond acceptors (Lipinski definition) is 3. The van der Waals surface area contributed by atoms with Gasteiger partial charge in [0.25, 0.3) is 0 Å². The quantitative estimate of drug-likeness (QED) is 0.821. The van der Waals surface area contributed by atoms with Gasteiger partial charge in [-0.1, -0.05) is 0 Å². The fraction of sp³-hybridized carbons (Fsp3) is 0.222. The number of carboxylic acids is 1. The Kier molecular flexibility index (Phi) is 3.84. The molecule has 1 aromatic rings. The van der Waals surface area contributed by atoms with Crippen molar-refractivity contribution in [2.24, 2.45) is 0 Å². The Bertz CT molecular complexity index is 330. The molecule has 0 aliphatic rings. The number of carbonyl (C=O) groups is 1. The molecular formula is C9H8F2O4. The van der Waals surface area contributed by atoms with Crippen LogP contribution in [0.1, 0.15) is 10.4 Å². The molecule has 0 saturated heterocycles. The van der Waals surface area contributed by atoms with Gasteiger partial charge in [0, 0.05) is 6.07 Å². The van der Waals surface area contributed by atoms with Crippen molar-refractivity contribution in [3.8, 4) is 11.5 Å². The van der Waals surface area contributed by atoms with Gasteiger partial charge < -0.3 is 14.6 Å². The molecule has 82 valence electrons. The smallest absolute Gasteiger partial charge is 0.335 e. The number of benzene rings is 1. The average molecular weight is 218 g/mol. The molecule has 0 saturated carbocycles. The molecule has 0 bridgehead atoms. The van der Waals surface area contributed by atoms with Gasteiger partial charge in [0.05, 0.1) is 5.56 Å². The van der Waals surface area contributed by atoms with Crippen LogP contribution in [0.15, 0.2) is 18.2 Å². The summed E-state index contributed by atoms with van der Waals surface area (Å²) >= 11 is 0. The number of alkyl halides is 2. The second kappa shape index (κ2) is 5.14. The highest BCUT2D eigenvalue weighted by molar-refractivity contribution is 5.88. The summed E-state index contributed by atoms with van der Waals surface area (Å²) in [5.41, 5.74) is -0.163. The zero-order valence-electron chi connectivity index (χ0n) is 7.57. The molecule has 0 heterocycles. The molecule has 15 heavy (non-hydrogen) atoms. The standard InChI is InChI=1S/C9H8F2O4/c10-4-14-7-1-6(9(12)13)2-8(3-7)15-5-11/h1-3H,4-5H2,(H,12,13). The van der Waals surface area contributed by atoms with Crippen molar-refractivity contribution in [1.82, 2.24) is 0 Å². The number of halogens is 2. The highest BCUT2D eigenvalue weighted by Gasteiger charge is 2.08. The van der Waals surface area contributed by atoms with E-state index in [-0.39, 0.29) is 17.1 Å². The van der Waals surface area contributed by atoms with E-state index in [2.05, 4.69) is 9.47 Å². The lowest BCUT2D eigenvalue weighted by molar-refractivity contribution is 0.0694. The normalized spacial score (nSPS) is 9.73. The van der Waals surface area contributed by atoms with Crippen LogP contribution in [0.4, 0.5) is 8.78 Å². The third-order valence-electron chi connectivity index (χ3n) is 1.57. The van der Waals surface area contributed by atoms with E-state index in [1.54, 1.807) is 0 Å². The van der Waals surface area contributed by atoms with Crippen molar-refractivity contribution in [1.29, 1.82) is 0 Å². The van der Waals surface area contributed by atoms with Gasteiger partial charge in [-0.15, -0.1) is 0 Å². The summed E-state index contributed by atoms with van der Waals surface area (Å²) < 4.78 is 32.6. The van der Waals surface area contributed by atoms with Gasteiger partial charge in [-0.2, -0.15) is 0 Å². The molecule has 6 heteroatoms. The number of aromatic carboxylic acids is 1. The maximum Gasteiger partial charge on any atom is 0.335 e. The van der Waals surface area contributed by atoms with Crippen LogP contribution in [0.25, 0.3) is 0 Å². The zero-order valence-corrected chi connectivity index (χ0v) is 7.57. The van der Waals surface area contributed by atoms with Gasteiger partial charge in [-0.3, -0.25) is 0 Å². The summed E-state index contributed by atoms with van der Waals surface area (Å²) in [5.74, 6) is -1.29. The Balaban J connectivity index is 3.02. The van der Waals surface area contributed by atoms with E-state index < -0.39 is 19.7 Å². The van der Waals surface area contributed by atoms with Crippen molar-refractivity contribution < 1.29 is 28.2 Å². The highest BCUT2D eigenvalue weighted by Crippen LogP contribution is 2.23. The van der Waals surface area contributed by atoms with Crippen LogP contribution in [0, 0.1) is 0 Å². The Labute approximate surface area is 84.0 Å². The second-order valence-corrected chi connectivity index (χ2v) is 2.51. The molecule has 4 nitrogen and oxygen atoms in total. The minimum absolute atomic E-state index is 0.0270. The van der Waals surface area contributed by atoms with Crippen LogP contribution < -0.4 is 9.47 Å². The summed E-state index contributed by atoms with van der Waals surface area (Å²) in [4.78, 5) is 10.6. The Morgan fingerprint density at radius 2 is 1.60 bits per heavy atom. The Hall–Kier alpha value is -1.85. The predicted octanol–water partition coefficient (Wildman–Crippen LogP) is 2.00. The second-order valence-electron chi connectivity index (χ2n) is 2.51. The lowest BCUT2D eigenvalue weighted by Crippen LogP contribution is -2.00. The largest absolute Gasteiger partial charge is 0.478 e. The number of rotatable bonds is 5. The molecule has 0 radical (unpaired) electrons. The van der Waals surface area contributed by atoms with Crippen molar-refractivity contribution in [3.63, 3.8) is 0 Å². The van der Waals surface area contributed by atoms with E-state index in [0.717, 1.165) is 12.1 Å². The first-order valence-electron chi connectivity index (χ1n) is 3.93. The van der Waals surface area contributed by atoms with Crippen LogP contribution in [0.3, 0.4) is 0 Å². The average Bonchev–Trinajstić information content (AvgIpc) is 2.18. The van der Waals surface area contributed by atoms with Crippen molar-refractivity contribution >= 4 is 5.97 Å². The van der Waals surface area contributed by atoms with E-state index in [1.807, 2.05) is 0 Å². The van der Waals surface area contributed by atoms with E-state index >= 15 is 0 Å². The molecule has 0 aromatic heterocycles. The van der Waals surface area contributed by atoms with Crippen LogP contribution >= 0.6 is 0 Å². The van der Waals surface area contributed by atoms with Crippen LogP contribution in [0.2, 0.25) is 0 Å². The van der Waals surface area contributed by atoms with Crippen molar-refractivity contribution in [3.05, 3.63) is 23.8 Å². The van der Waals surface area contributed by atoms with Crippen LogP contribution in [0.5, 0.6) is 11.5 Å². The molecular weight excluding hydrogens is 210 g/mol. The predicted molar refractivity (Wildman–Crippen MR) is 46.6 cm³/mol. The van der Waals surface area contributed by atoms with Gasteiger partial charge in [0.1, 0.15) is 11.5 Å². The van der Waals surface area contributed by atoms with Gasteiger partial charge in [0.2, 0.25) is 13.7 Å². The summed E-state index contributed by atoms with van der Waals surface area (Å²) in [6, 6.07) is 3.44. The van der Waals surface area contributed by atoms with E-state index in [1.165, 1.54) is 6.07 Å². The molecule has 1 rings (SSSR count). The molecule has 0 amide bonds. The van der Waals surface area contributed by atoms with Gasteiger partial charge >= 0.3 is 5.97 Å². The first-order chi connectivity index (χ1) is 7.17. The topological polar surface area (TPSA) is 55.8 Å². The number of carboxylic acid groups (broad SMARTS) is 1. The molecule has 1 N–H and O–H groups in total. The maximum absolute atomic E-state index is 11.8. The third kappa shape index (κ3) is 3.08. The SMILES string of the molecule is O=C(O)c1cc(OCF)cc(OCF)c1. The van der Waals surface area contributed by atoms with Gasteiger partial charge in [-0.25, -0.2) is 13.6 Å².